The first-order valence-electron chi connectivity index (χ1n) is 7.15. The standard InChI is InChI=1S/C15H26ClNO4/c1-14(2,3)21-12(18)11-7-10(16)8-17(11)9-15(4,5)13(19)20-6/h10-11H,7-9H2,1-6H3. The van der Waals surface area contributed by atoms with Gasteiger partial charge in [0, 0.05) is 18.5 Å². The van der Waals surface area contributed by atoms with Gasteiger partial charge in [-0.2, -0.15) is 0 Å². The second kappa shape index (κ2) is 6.53. The molecule has 5 nitrogen and oxygen atoms in total. The fraction of sp³-hybridized carbons (Fsp3) is 0.867. The van der Waals surface area contributed by atoms with Gasteiger partial charge in [-0.15, -0.1) is 11.6 Å². The van der Waals surface area contributed by atoms with Gasteiger partial charge in [-0.1, -0.05) is 0 Å². The summed E-state index contributed by atoms with van der Waals surface area (Å²) in [7, 11) is 1.36. The number of hydrogen-bond donors (Lipinski definition) is 0. The zero-order valence-corrected chi connectivity index (χ0v) is 14.5. The molecule has 1 aliphatic heterocycles. The molecule has 2 unspecified atom stereocenters. The Morgan fingerprint density at radius 3 is 2.29 bits per heavy atom. The highest BCUT2D eigenvalue weighted by molar-refractivity contribution is 6.21. The molecule has 0 radical (unpaired) electrons. The van der Waals surface area contributed by atoms with Crippen molar-refractivity contribution in [2.45, 2.75) is 58.1 Å². The second-order valence-electron chi connectivity index (χ2n) is 7.19. The highest BCUT2D eigenvalue weighted by Gasteiger charge is 2.42. The maximum absolute atomic E-state index is 12.3. The molecular weight excluding hydrogens is 294 g/mol. The van der Waals surface area contributed by atoms with E-state index in [1.54, 1.807) is 13.8 Å². The van der Waals surface area contributed by atoms with E-state index >= 15 is 0 Å². The number of rotatable bonds is 4. The molecule has 2 atom stereocenters. The molecule has 0 aliphatic carbocycles. The summed E-state index contributed by atoms with van der Waals surface area (Å²) in [5.74, 6) is -0.588. The quantitative estimate of drug-likeness (QED) is 0.587. The summed E-state index contributed by atoms with van der Waals surface area (Å²) in [5, 5.41) is -0.115. The Labute approximate surface area is 131 Å². The van der Waals surface area contributed by atoms with Gasteiger partial charge in [0.15, 0.2) is 0 Å². The number of alkyl halides is 1. The average Bonchev–Trinajstić information content (AvgIpc) is 2.66. The summed E-state index contributed by atoms with van der Waals surface area (Å²) in [6.07, 6.45) is 0.535. The van der Waals surface area contributed by atoms with E-state index in [0.717, 1.165) is 0 Å². The third-order valence-electron chi connectivity index (χ3n) is 3.37. The van der Waals surface area contributed by atoms with Gasteiger partial charge in [0.1, 0.15) is 11.6 Å². The van der Waals surface area contributed by atoms with Crippen molar-refractivity contribution in [3.63, 3.8) is 0 Å². The van der Waals surface area contributed by atoms with Gasteiger partial charge < -0.3 is 9.47 Å². The number of methoxy groups -OCH3 is 1. The van der Waals surface area contributed by atoms with Gasteiger partial charge in [0.2, 0.25) is 0 Å². The van der Waals surface area contributed by atoms with Crippen molar-refractivity contribution in [2.24, 2.45) is 5.41 Å². The summed E-state index contributed by atoms with van der Waals surface area (Å²) >= 11 is 6.19. The average molecular weight is 320 g/mol. The highest BCUT2D eigenvalue weighted by Crippen LogP contribution is 2.29. The van der Waals surface area contributed by atoms with Gasteiger partial charge in [-0.3, -0.25) is 14.5 Å². The Hall–Kier alpha value is -0.810. The van der Waals surface area contributed by atoms with Crippen molar-refractivity contribution in [3.8, 4) is 0 Å². The van der Waals surface area contributed by atoms with Gasteiger partial charge in [-0.05, 0) is 41.0 Å². The van der Waals surface area contributed by atoms with Crippen LogP contribution in [0.5, 0.6) is 0 Å². The minimum Gasteiger partial charge on any atom is -0.469 e. The first kappa shape index (κ1) is 18.2. The molecule has 0 aromatic rings. The van der Waals surface area contributed by atoms with Crippen molar-refractivity contribution in [3.05, 3.63) is 0 Å². The molecule has 1 rings (SSSR count). The SMILES string of the molecule is COC(=O)C(C)(C)CN1CC(Cl)CC1C(=O)OC(C)(C)C. The molecule has 6 heteroatoms. The van der Waals surface area contributed by atoms with Crippen molar-refractivity contribution in [1.29, 1.82) is 0 Å². The predicted molar refractivity (Wildman–Crippen MR) is 81.3 cm³/mol. The molecule has 1 heterocycles. The Kier molecular flexibility index (Phi) is 5.67. The van der Waals surface area contributed by atoms with E-state index < -0.39 is 17.1 Å². The molecule has 0 amide bonds. The van der Waals surface area contributed by atoms with Crippen LogP contribution in [0.2, 0.25) is 0 Å². The van der Waals surface area contributed by atoms with E-state index in [1.165, 1.54) is 7.11 Å². The molecule has 21 heavy (non-hydrogen) atoms. The van der Waals surface area contributed by atoms with Gasteiger partial charge in [0.05, 0.1) is 12.5 Å². The third-order valence-corrected chi connectivity index (χ3v) is 3.68. The van der Waals surface area contributed by atoms with Crippen LogP contribution < -0.4 is 0 Å². The molecule has 1 saturated heterocycles. The molecule has 0 aromatic heterocycles. The Balaban J connectivity index is 2.80. The zero-order valence-electron chi connectivity index (χ0n) is 13.7. The summed E-state index contributed by atoms with van der Waals surface area (Å²) < 4.78 is 10.3. The van der Waals surface area contributed by atoms with Gasteiger partial charge in [-0.25, -0.2) is 0 Å². The molecule has 0 saturated carbocycles. The number of halogens is 1. The van der Waals surface area contributed by atoms with Crippen molar-refractivity contribution in [1.82, 2.24) is 4.90 Å². The Morgan fingerprint density at radius 2 is 1.81 bits per heavy atom. The molecule has 0 N–H and O–H groups in total. The van der Waals surface area contributed by atoms with E-state index in [1.807, 2.05) is 25.7 Å². The third kappa shape index (κ3) is 5.15. The number of likely N-dealkylation sites (tertiary alicyclic amines) is 1. The largest absolute Gasteiger partial charge is 0.469 e. The predicted octanol–water partition coefficient (Wildman–Crippen LogP) is 2.21. The minimum atomic E-state index is -0.698. The molecular formula is C15H26ClNO4. The molecule has 1 aliphatic rings. The van der Waals surface area contributed by atoms with Crippen LogP contribution in [0.15, 0.2) is 0 Å². The molecule has 0 spiro atoms. The van der Waals surface area contributed by atoms with Crippen LogP contribution in [-0.2, 0) is 19.1 Å². The molecule has 122 valence electrons. The van der Waals surface area contributed by atoms with E-state index in [4.69, 9.17) is 21.1 Å². The first-order valence-corrected chi connectivity index (χ1v) is 7.59. The molecule has 0 aromatic carbocycles. The van der Waals surface area contributed by atoms with Crippen LogP contribution >= 0.6 is 11.6 Å². The van der Waals surface area contributed by atoms with Crippen LogP contribution in [0.4, 0.5) is 0 Å². The maximum atomic E-state index is 12.3. The van der Waals surface area contributed by atoms with E-state index in [-0.39, 0.29) is 17.3 Å². The number of nitrogens with zero attached hydrogens (tertiary/aromatic N) is 1. The van der Waals surface area contributed by atoms with Crippen molar-refractivity contribution < 1.29 is 19.1 Å². The van der Waals surface area contributed by atoms with Crippen LogP contribution in [0, 0.1) is 5.41 Å². The van der Waals surface area contributed by atoms with Crippen molar-refractivity contribution >= 4 is 23.5 Å². The number of hydrogen-bond acceptors (Lipinski definition) is 5. The van der Waals surface area contributed by atoms with Gasteiger partial charge >= 0.3 is 11.9 Å². The number of carbonyl (C=O) groups is 2. The lowest BCUT2D eigenvalue weighted by molar-refractivity contribution is -0.162. The maximum Gasteiger partial charge on any atom is 0.323 e. The lowest BCUT2D eigenvalue weighted by Gasteiger charge is -2.32. The molecule has 1 fully saturated rings. The lowest BCUT2D eigenvalue weighted by atomic mass is 9.92. The summed E-state index contributed by atoms with van der Waals surface area (Å²) in [6, 6.07) is -0.407. The topological polar surface area (TPSA) is 55.8 Å². The minimum absolute atomic E-state index is 0.115. The van der Waals surface area contributed by atoms with Crippen LogP contribution in [0.1, 0.15) is 41.0 Å². The first-order chi connectivity index (χ1) is 9.46. The summed E-state index contributed by atoms with van der Waals surface area (Å²) in [6.45, 7) is 10.1. The Bertz CT molecular complexity index is 403. The number of ether oxygens (including phenoxy) is 2. The number of carbonyl (C=O) groups excluding carboxylic acids is 2. The van der Waals surface area contributed by atoms with Crippen molar-refractivity contribution in [2.75, 3.05) is 20.2 Å². The zero-order chi connectivity index (χ0) is 16.4. The monoisotopic (exact) mass is 319 g/mol. The van der Waals surface area contributed by atoms with Crippen LogP contribution in [0.25, 0.3) is 0 Å². The Morgan fingerprint density at radius 1 is 1.24 bits per heavy atom. The van der Waals surface area contributed by atoms with Gasteiger partial charge in [0.25, 0.3) is 0 Å². The van der Waals surface area contributed by atoms with E-state index in [2.05, 4.69) is 0 Å². The fourth-order valence-corrected chi connectivity index (χ4v) is 2.83. The van der Waals surface area contributed by atoms with E-state index in [0.29, 0.717) is 19.5 Å². The smallest absolute Gasteiger partial charge is 0.323 e. The lowest BCUT2D eigenvalue weighted by Crippen LogP contribution is -2.46. The van der Waals surface area contributed by atoms with Crippen LogP contribution in [-0.4, -0.2) is 54.1 Å². The van der Waals surface area contributed by atoms with E-state index in [9.17, 15) is 9.59 Å². The normalized spacial score (nSPS) is 24.0. The molecule has 0 bridgehead atoms. The number of esters is 2. The fourth-order valence-electron chi connectivity index (χ4n) is 2.49. The van der Waals surface area contributed by atoms with Crippen LogP contribution in [0.3, 0.4) is 0 Å². The second-order valence-corrected chi connectivity index (χ2v) is 7.80. The highest BCUT2D eigenvalue weighted by atomic mass is 35.5. The summed E-state index contributed by atoms with van der Waals surface area (Å²) in [5.41, 5.74) is -1.24. The summed E-state index contributed by atoms with van der Waals surface area (Å²) in [4.78, 5) is 26.0.